The third-order valence-corrected chi connectivity index (χ3v) is 7.69. The van der Waals surface area contributed by atoms with Gasteiger partial charge in [0.15, 0.2) is 11.4 Å². The second-order valence-corrected chi connectivity index (χ2v) is 10.1. The van der Waals surface area contributed by atoms with Gasteiger partial charge in [-0.1, -0.05) is 37.3 Å². The number of nitrogens with two attached hydrogens (primary N) is 1. The van der Waals surface area contributed by atoms with Crippen LogP contribution < -0.4 is 5.73 Å². The van der Waals surface area contributed by atoms with E-state index in [9.17, 15) is 9.59 Å². The summed E-state index contributed by atoms with van der Waals surface area (Å²) in [5.41, 5.74) is 13.0. The highest BCUT2D eigenvalue weighted by molar-refractivity contribution is 6.00. The summed E-state index contributed by atoms with van der Waals surface area (Å²) in [5.74, 6) is 0.0925. The van der Waals surface area contributed by atoms with Crippen LogP contribution in [-0.2, 0) is 16.0 Å². The summed E-state index contributed by atoms with van der Waals surface area (Å²) in [5, 5.41) is 4.47. The van der Waals surface area contributed by atoms with Gasteiger partial charge in [-0.3, -0.25) is 14.6 Å². The Balaban J connectivity index is 1.48. The standard InChI is InChI=1S/C30H34N6O3/c1-5-20-6-8-21(9-7-20)25-11-10-23(16-32-25)24-17-33-36-28(31)26(18(2)37)27(34-29(24)36)22-12-14-35(15-13-22)30(38)19(3)39-4/h6-11,16-17,19,22H,5,12-15,31H2,1-4H3/t19-/m1/s1. The molecule has 4 heterocycles. The van der Waals surface area contributed by atoms with Gasteiger partial charge in [0.2, 0.25) is 0 Å². The van der Waals surface area contributed by atoms with Crippen LogP contribution in [0.1, 0.15) is 61.1 Å². The van der Waals surface area contributed by atoms with Crippen molar-refractivity contribution >= 4 is 23.2 Å². The number of Topliss-reactive ketones (excluding diaryl/α,β-unsaturated/α-hetero) is 1. The smallest absolute Gasteiger partial charge is 0.251 e. The summed E-state index contributed by atoms with van der Waals surface area (Å²) in [6.07, 6.45) is 5.41. The van der Waals surface area contributed by atoms with Crippen LogP contribution in [0.25, 0.3) is 28.0 Å². The second-order valence-electron chi connectivity index (χ2n) is 10.1. The van der Waals surface area contributed by atoms with Gasteiger partial charge in [0.25, 0.3) is 5.91 Å². The molecule has 1 aromatic carbocycles. The minimum absolute atomic E-state index is 0.00700. The molecule has 1 aliphatic rings. The number of aryl methyl sites for hydroxylation is 1. The van der Waals surface area contributed by atoms with Crippen molar-refractivity contribution in [3.63, 3.8) is 0 Å². The molecule has 0 bridgehead atoms. The topological polar surface area (TPSA) is 116 Å². The predicted octanol–water partition coefficient (Wildman–Crippen LogP) is 4.55. The van der Waals surface area contributed by atoms with Gasteiger partial charge < -0.3 is 15.4 Å². The molecule has 1 aliphatic heterocycles. The van der Waals surface area contributed by atoms with E-state index in [4.69, 9.17) is 20.4 Å². The van der Waals surface area contributed by atoms with Gasteiger partial charge in [0, 0.05) is 49.0 Å². The molecule has 0 aliphatic carbocycles. The third-order valence-electron chi connectivity index (χ3n) is 7.69. The fraction of sp³-hybridized carbons (Fsp3) is 0.367. The number of hydrogen-bond donors (Lipinski definition) is 1. The Labute approximate surface area is 228 Å². The summed E-state index contributed by atoms with van der Waals surface area (Å²) in [6.45, 7) is 6.53. The predicted molar refractivity (Wildman–Crippen MR) is 150 cm³/mol. The van der Waals surface area contributed by atoms with Crippen LogP contribution in [0.15, 0.2) is 48.8 Å². The van der Waals surface area contributed by atoms with Gasteiger partial charge in [0.1, 0.15) is 11.9 Å². The minimum atomic E-state index is -0.482. The van der Waals surface area contributed by atoms with E-state index in [-0.39, 0.29) is 23.4 Å². The summed E-state index contributed by atoms with van der Waals surface area (Å²) in [4.78, 5) is 36.8. The number of benzene rings is 1. The molecule has 0 radical (unpaired) electrons. The van der Waals surface area contributed by atoms with Crippen LogP contribution in [0.2, 0.25) is 0 Å². The van der Waals surface area contributed by atoms with E-state index in [1.54, 1.807) is 13.1 Å². The molecule has 1 amide bonds. The fourth-order valence-corrected chi connectivity index (χ4v) is 5.26. The monoisotopic (exact) mass is 526 g/mol. The average Bonchev–Trinajstić information content (AvgIpc) is 3.40. The Kier molecular flexibility index (Phi) is 7.43. The number of likely N-dealkylation sites (tertiary alicyclic amines) is 1. The number of fused-ring (bicyclic) bond motifs is 1. The number of pyridine rings is 1. The number of ketones is 1. The molecule has 0 spiro atoms. The first kappa shape index (κ1) is 26.5. The van der Waals surface area contributed by atoms with Gasteiger partial charge in [-0.2, -0.15) is 9.61 Å². The van der Waals surface area contributed by atoms with Gasteiger partial charge in [-0.05, 0) is 44.7 Å². The lowest BCUT2D eigenvalue weighted by molar-refractivity contribution is -0.142. The van der Waals surface area contributed by atoms with Crippen molar-refractivity contribution in [2.75, 3.05) is 25.9 Å². The SMILES string of the molecule is CCc1ccc(-c2ccc(-c3cnn4c(N)c(C(C)=O)c(C5CCN(C(=O)[C@@H](C)OC)CC5)nc34)cn2)cc1. The molecule has 0 saturated carbocycles. The molecule has 4 aromatic rings. The highest BCUT2D eigenvalue weighted by Crippen LogP contribution is 2.35. The Morgan fingerprint density at radius 1 is 1.08 bits per heavy atom. The largest absolute Gasteiger partial charge is 0.383 e. The number of aromatic nitrogens is 4. The maximum Gasteiger partial charge on any atom is 0.251 e. The molecule has 202 valence electrons. The number of nitrogen functional groups attached to an aromatic ring is 1. The Morgan fingerprint density at radius 2 is 1.77 bits per heavy atom. The molecule has 1 saturated heterocycles. The van der Waals surface area contributed by atoms with Gasteiger partial charge in [0.05, 0.1) is 23.1 Å². The van der Waals surface area contributed by atoms with Crippen LogP contribution in [0, 0.1) is 0 Å². The summed E-state index contributed by atoms with van der Waals surface area (Å²) >= 11 is 0. The van der Waals surface area contributed by atoms with E-state index in [1.165, 1.54) is 24.1 Å². The Bertz CT molecular complexity index is 1500. The van der Waals surface area contributed by atoms with E-state index in [2.05, 4.69) is 36.3 Å². The second kappa shape index (κ2) is 10.9. The van der Waals surface area contributed by atoms with Gasteiger partial charge in [-0.25, -0.2) is 4.98 Å². The lowest BCUT2D eigenvalue weighted by Gasteiger charge is -2.33. The van der Waals surface area contributed by atoms with E-state index < -0.39 is 6.10 Å². The molecule has 2 N–H and O–H groups in total. The number of anilines is 1. The van der Waals surface area contributed by atoms with Crippen molar-refractivity contribution in [2.24, 2.45) is 0 Å². The fourth-order valence-electron chi connectivity index (χ4n) is 5.26. The maximum atomic E-state index is 12.7. The van der Waals surface area contributed by atoms with Crippen molar-refractivity contribution < 1.29 is 14.3 Å². The van der Waals surface area contributed by atoms with Crippen LogP contribution in [0.3, 0.4) is 0 Å². The number of hydrogen-bond acceptors (Lipinski definition) is 7. The van der Waals surface area contributed by atoms with E-state index in [0.717, 1.165) is 28.8 Å². The van der Waals surface area contributed by atoms with Crippen LogP contribution >= 0.6 is 0 Å². The molecular weight excluding hydrogens is 492 g/mol. The van der Waals surface area contributed by atoms with E-state index >= 15 is 0 Å². The molecule has 5 rings (SSSR count). The molecule has 1 atom stereocenters. The number of carbonyl (C=O) groups excluding carboxylic acids is 2. The van der Waals surface area contributed by atoms with E-state index in [0.29, 0.717) is 42.8 Å². The van der Waals surface area contributed by atoms with Crippen molar-refractivity contribution in [1.82, 2.24) is 24.5 Å². The number of piperidine rings is 1. The summed E-state index contributed by atoms with van der Waals surface area (Å²) < 4.78 is 6.73. The first-order chi connectivity index (χ1) is 18.8. The molecular formula is C30H34N6O3. The molecule has 1 fully saturated rings. The Morgan fingerprint density at radius 3 is 2.36 bits per heavy atom. The van der Waals surface area contributed by atoms with Crippen molar-refractivity contribution in [3.8, 4) is 22.4 Å². The molecule has 0 unspecified atom stereocenters. The molecule has 3 aromatic heterocycles. The highest BCUT2D eigenvalue weighted by Gasteiger charge is 2.31. The number of rotatable bonds is 7. The highest BCUT2D eigenvalue weighted by atomic mass is 16.5. The van der Waals surface area contributed by atoms with E-state index in [1.807, 2.05) is 23.2 Å². The lowest BCUT2D eigenvalue weighted by Crippen LogP contribution is -2.43. The normalized spacial score (nSPS) is 15.0. The van der Waals surface area contributed by atoms with Crippen molar-refractivity contribution in [2.45, 2.75) is 52.1 Å². The van der Waals surface area contributed by atoms with Crippen molar-refractivity contribution in [1.29, 1.82) is 0 Å². The van der Waals surface area contributed by atoms with Crippen molar-refractivity contribution in [3.05, 3.63) is 65.6 Å². The summed E-state index contributed by atoms with van der Waals surface area (Å²) in [6, 6.07) is 12.4. The van der Waals surface area contributed by atoms with Gasteiger partial charge in [-0.15, -0.1) is 0 Å². The van der Waals surface area contributed by atoms with Gasteiger partial charge >= 0.3 is 0 Å². The van der Waals surface area contributed by atoms with Crippen LogP contribution in [0.5, 0.6) is 0 Å². The third kappa shape index (κ3) is 5.02. The zero-order chi connectivity index (χ0) is 27.7. The maximum absolute atomic E-state index is 12.7. The quantitative estimate of drug-likeness (QED) is 0.351. The first-order valence-electron chi connectivity index (χ1n) is 13.4. The molecule has 9 heteroatoms. The first-order valence-corrected chi connectivity index (χ1v) is 13.4. The summed E-state index contributed by atoms with van der Waals surface area (Å²) in [7, 11) is 1.53. The molecule has 39 heavy (non-hydrogen) atoms. The number of ether oxygens (including phenoxy) is 1. The number of nitrogens with zero attached hydrogens (tertiary/aromatic N) is 5. The van der Waals surface area contributed by atoms with Crippen LogP contribution in [0.4, 0.5) is 5.82 Å². The lowest BCUT2D eigenvalue weighted by atomic mass is 9.89. The molecule has 9 nitrogen and oxygen atoms in total. The van der Waals surface area contributed by atoms with Crippen LogP contribution in [-0.4, -0.2) is 62.5 Å². The zero-order valence-electron chi connectivity index (χ0n) is 22.8. The number of methoxy groups -OCH3 is 1. The number of carbonyl (C=O) groups is 2. The average molecular weight is 527 g/mol. The number of amides is 1. The Hall–Kier alpha value is -4.11. The minimum Gasteiger partial charge on any atom is -0.383 e. The zero-order valence-corrected chi connectivity index (χ0v) is 22.8.